The fourth-order valence-corrected chi connectivity index (χ4v) is 2.58. The van der Waals surface area contributed by atoms with Crippen LogP contribution in [0.15, 0.2) is 12.2 Å². The van der Waals surface area contributed by atoms with Crippen molar-refractivity contribution in [1.29, 1.82) is 0 Å². The zero-order chi connectivity index (χ0) is 8.77. The molecule has 0 aromatic heterocycles. The summed E-state index contributed by atoms with van der Waals surface area (Å²) < 4.78 is 4.68. The first-order chi connectivity index (χ1) is 5.70. The Labute approximate surface area is 80.0 Å². The Kier molecular flexibility index (Phi) is 2.51. The fraction of sp³-hybridized carbons (Fsp3) is 0.727. The molecule has 0 amide bonds. The molecule has 2 nitrogen and oxygen atoms in total. The van der Waals surface area contributed by atoms with Gasteiger partial charge in [-0.1, -0.05) is 20.4 Å². The number of hydrogen-bond acceptors (Lipinski definition) is 2. The van der Waals surface area contributed by atoms with Crippen molar-refractivity contribution >= 4 is 5.97 Å². The van der Waals surface area contributed by atoms with Crippen molar-refractivity contribution in [2.75, 3.05) is 7.11 Å². The monoisotopic (exact) mass is 182 g/mol. The fourth-order valence-electron chi connectivity index (χ4n) is 2.58. The summed E-state index contributed by atoms with van der Waals surface area (Å²) in [5, 5.41) is 0. The third-order valence-electron chi connectivity index (χ3n) is 3.44. The average Bonchev–Trinajstić information content (AvgIpc) is 2.67. The van der Waals surface area contributed by atoms with Crippen LogP contribution < -0.4 is 0 Å². The molecule has 2 aliphatic rings. The van der Waals surface area contributed by atoms with E-state index in [1.165, 1.54) is 26.4 Å². The van der Waals surface area contributed by atoms with Gasteiger partial charge in [0.05, 0.1) is 7.11 Å². The molecule has 2 aliphatic carbocycles. The molecule has 2 heteroatoms. The number of ether oxygens (including phenoxy) is 1. The van der Waals surface area contributed by atoms with Gasteiger partial charge in [0.15, 0.2) is 0 Å². The standard InChI is InChI=1S/C10H14O2.CH4/c1-7(9(11)12-2)10-5-3-4-8(10)6-10;/h8H,1,3-6H2,2H3;1H4. The van der Waals surface area contributed by atoms with Gasteiger partial charge in [-0.15, -0.1) is 0 Å². The van der Waals surface area contributed by atoms with Crippen molar-refractivity contribution in [3.63, 3.8) is 0 Å². The largest absolute Gasteiger partial charge is 0.466 e. The van der Waals surface area contributed by atoms with Crippen molar-refractivity contribution in [2.24, 2.45) is 11.3 Å². The molecular formula is C11H18O2. The van der Waals surface area contributed by atoms with Gasteiger partial charge in [-0.05, 0) is 25.2 Å². The van der Waals surface area contributed by atoms with E-state index in [0.717, 1.165) is 12.3 Å². The zero-order valence-corrected chi connectivity index (χ0v) is 7.43. The summed E-state index contributed by atoms with van der Waals surface area (Å²) in [6, 6.07) is 0. The van der Waals surface area contributed by atoms with Gasteiger partial charge < -0.3 is 4.74 Å². The molecule has 2 unspecified atom stereocenters. The maximum Gasteiger partial charge on any atom is 0.333 e. The minimum Gasteiger partial charge on any atom is -0.466 e. The van der Waals surface area contributed by atoms with Gasteiger partial charge >= 0.3 is 5.97 Å². The number of hydrogen-bond donors (Lipinski definition) is 0. The number of esters is 1. The number of carbonyl (C=O) groups is 1. The number of carbonyl (C=O) groups excluding carboxylic acids is 1. The Hall–Kier alpha value is -0.790. The minimum absolute atomic E-state index is 0. The smallest absolute Gasteiger partial charge is 0.333 e. The Morgan fingerprint density at radius 1 is 1.62 bits per heavy atom. The van der Waals surface area contributed by atoms with Crippen LogP contribution in [-0.4, -0.2) is 13.1 Å². The van der Waals surface area contributed by atoms with Crippen LogP contribution in [0.5, 0.6) is 0 Å². The summed E-state index contributed by atoms with van der Waals surface area (Å²) in [4.78, 5) is 11.2. The first-order valence-electron chi connectivity index (χ1n) is 4.48. The summed E-state index contributed by atoms with van der Waals surface area (Å²) >= 11 is 0. The highest BCUT2D eigenvalue weighted by atomic mass is 16.5. The van der Waals surface area contributed by atoms with Gasteiger partial charge in [0.2, 0.25) is 0 Å². The molecule has 2 fully saturated rings. The van der Waals surface area contributed by atoms with E-state index in [9.17, 15) is 4.79 Å². The second kappa shape index (κ2) is 3.17. The van der Waals surface area contributed by atoms with Gasteiger partial charge in [0, 0.05) is 11.0 Å². The lowest BCUT2D eigenvalue weighted by atomic mass is 9.94. The van der Waals surface area contributed by atoms with E-state index in [4.69, 9.17) is 0 Å². The molecule has 0 radical (unpaired) electrons. The van der Waals surface area contributed by atoms with Crippen LogP contribution in [0.25, 0.3) is 0 Å². The molecule has 0 aliphatic heterocycles. The van der Waals surface area contributed by atoms with E-state index in [1.807, 2.05) is 0 Å². The number of rotatable bonds is 2. The predicted octanol–water partition coefficient (Wildman–Crippen LogP) is 2.54. The molecule has 2 rings (SSSR count). The molecule has 0 bridgehead atoms. The Balaban J connectivity index is 0.000000845. The SMILES string of the molecule is C.C=C(C(=O)OC)C12CCCC1C2. The summed E-state index contributed by atoms with van der Waals surface area (Å²) in [6.07, 6.45) is 4.84. The molecular weight excluding hydrogens is 164 g/mol. The van der Waals surface area contributed by atoms with E-state index >= 15 is 0 Å². The second-order valence-corrected chi connectivity index (χ2v) is 3.92. The average molecular weight is 182 g/mol. The maximum absolute atomic E-state index is 11.2. The molecule has 0 N–H and O–H groups in total. The normalized spacial score (nSPS) is 34.4. The van der Waals surface area contributed by atoms with Crippen LogP contribution in [-0.2, 0) is 9.53 Å². The summed E-state index contributed by atoms with van der Waals surface area (Å²) in [5.74, 6) is 0.531. The van der Waals surface area contributed by atoms with Crippen LogP contribution in [0.2, 0.25) is 0 Å². The highest BCUT2D eigenvalue weighted by Gasteiger charge is 2.60. The molecule has 2 atom stereocenters. The van der Waals surface area contributed by atoms with Crippen LogP contribution in [0.1, 0.15) is 33.1 Å². The van der Waals surface area contributed by atoms with Gasteiger partial charge in [-0.2, -0.15) is 0 Å². The van der Waals surface area contributed by atoms with Gasteiger partial charge in [-0.3, -0.25) is 0 Å². The van der Waals surface area contributed by atoms with E-state index in [2.05, 4.69) is 11.3 Å². The Bertz CT molecular complexity index is 244. The van der Waals surface area contributed by atoms with Crippen LogP contribution in [0, 0.1) is 11.3 Å². The highest BCUT2D eigenvalue weighted by molar-refractivity contribution is 5.90. The topological polar surface area (TPSA) is 26.3 Å². The van der Waals surface area contributed by atoms with E-state index < -0.39 is 0 Å². The first kappa shape index (κ1) is 10.3. The molecule has 13 heavy (non-hydrogen) atoms. The third-order valence-corrected chi connectivity index (χ3v) is 3.44. The van der Waals surface area contributed by atoms with Gasteiger partial charge in [0.1, 0.15) is 0 Å². The van der Waals surface area contributed by atoms with Crippen molar-refractivity contribution in [1.82, 2.24) is 0 Å². The zero-order valence-electron chi connectivity index (χ0n) is 7.43. The van der Waals surface area contributed by atoms with Crippen molar-refractivity contribution in [2.45, 2.75) is 33.1 Å². The predicted molar refractivity (Wildman–Crippen MR) is 52.3 cm³/mol. The molecule has 74 valence electrons. The molecule has 2 saturated carbocycles. The lowest BCUT2D eigenvalue weighted by molar-refractivity contribution is -0.136. The second-order valence-electron chi connectivity index (χ2n) is 3.92. The Morgan fingerprint density at radius 2 is 2.31 bits per heavy atom. The molecule has 0 spiro atoms. The third kappa shape index (κ3) is 1.28. The molecule has 0 aromatic carbocycles. The van der Waals surface area contributed by atoms with Gasteiger partial charge in [-0.25, -0.2) is 4.79 Å². The first-order valence-corrected chi connectivity index (χ1v) is 4.48. The van der Waals surface area contributed by atoms with Crippen LogP contribution >= 0.6 is 0 Å². The van der Waals surface area contributed by atoms with Gasteiger partial charge in [0.25, 0.3) is 0 Å². The maximum atomic E-state index is 11.2. The van der Waals surface area contributed by atoms with Crippen molar-refractivity contribution in [3.05, 3.63) is 12.2 Å². The minimum atomic E-state index is -0.209. The van der Waals surface area contributed by atoms with Crippen molar-refractivity contribution < 1.29 is 9.53 Å². The lowest BCUT2D eigenvalue weighted by Gasteiger charge is -2.12. The van der Waals surface area contributed by atoms with E-state index in [0.29, 0.717) is 5.57 Å². The van der Waals surface area contributed by atoms with Crippen LogP contribution in [0.3, 0.4) is 0 Å². The highest BCUT2D eigenvalue weighted by Crippen LogP contribution is 2.67. The molecule has 0 heterocycles. The summed E-state index contributed by atoms with van der Waals surface area (Å²) in [6.45, 7) is 3.85. The summed E-state index contributed by atoms with van der Waals surface area (Å²) in [5.41, 5.74) is 0.889. The lowest BCUT2D eigenvalue weighted by Crippen LogP contribution is -2.14. The summed E-state index contributed by atoms with van der Waals surface area (Å²) in [7, 11) is 1.43. The number of fused-ring (bicyclic) bond motifs is 1. The van der Waals surface area contributed by atoms with Crippen molar-refractivity contribution in [3.8, 4) is 0 Å². The van der Waals surface area contributed by atoms with Crippen LogP contribution in [0.4, 0.5) is 0 Å². The molecule has 0 aromatic rings. The van der Waals surface area contributed by atoms with E-state index in [-0.39, 0.29) is 18.8 Å². The number of methoxy groups -OCH3 is 1. The van der Waals surface area contributed by atoms with E-state index in [1.54, 1.807) is 0 Å². The quantitative estimate of drug-likeness (QED) is 0.484. The molecule has 0 saturated heterocycles. The Morgan fingerprint density at radius 3 is 2.69 bits per heavy atom.